The van der Waals surface area contributed by atoms with Gasteiger partial charge in [-0.15, -0.1) is 11.3 Å². The van der Waals surface area contributed by atoms with E-state index in [2.05, 4.69) is 15.9 Å². The van der Waals surface area contributed by atoms with E-state index in [1.165, 1.54) is 23.5 Å². The van der Waals surface area contributed by atoms with E-state index in [9.17, 15) is 8.78 Å². The van der Waals surface area contributed by atoms with Crippen LogP contribution in [0.4, 0.5) is 8.78 Å². The van der Waals surface area contributed by atoms with E-state index in [1.54, 1.807) is 0 Å². The summed E-state index contributed by atoms with van der Waals surface area (Å²) in [5, 5.41) is 0. The van der Waals surface area contributed by atoms with Crippen LogP contribution in [-0.4, -0.2) is 0 Å². The van der Waals surface area contributed by atoms with Crippen LogP contribution in [0.15, 0.2) is 28.7 Å². The molecule has 0 fully saturated rings. The summed E-state index contributed by atoms with van der Waals surface area (Å²) in [5.74, 6) is -1.22. The van der Waals surface area contributed by atoms with Crippen LogP contribution in [0.3, 0.4) is 0 Å². The van der Waals surface area contributed by atoms with Crippen LogP contribution >= 0.6 is 27.3 Å². The SMILES string of the molecule is Cc1sc(C(N)c2cc(F)cc(F)c2)cc1Br. The lowest BCUT2D eigenvalue weighted by Crippen LogP contribution is -2.10. The number of rotatable bonds is 2. The molecule has 2 aromatic rings. The molecular weight excluding hydrogens is 308 g/mol. The first-order valence-electron chi connectivity index (χ1n) is 4.95. The highest BCUT2D eigenvalue weighted by Crippen LogP contribution is 2.32. The van der Waals surface area contributed by atoms with Gasteiger partial charge in [0.05, 0.1) is 6.04 Å². The van der Waals surface area contributed by atoms with Crippen LogP contribution in [0.2, 0.25) is 0 Å². The monoisotopic (exact) mass is 317 g/mol. The van der Waals surface area contributed by atoms with E-state index >= 15 is 0 Å². The van der Waals surface area contributed by atoms with Gasteiger partial charge in [0.1, 0.15) is 11.6 Å². The van der Waals surface area contributed by atoms with Crippen LogP contribution < -0.4 is 5.73 Å². The first-order chi connectivity index (χ1) is 7.97. The van der Waals surface area contributed by atoms with E-state index in [-0.39, 0.29) is 0 Å². The van der Waals surface area contributed by atoms with Crippen molar-refractivity contribution in [2.45, 2.75) is 13.0 Å². The predicted octanol–water partition coefficient (Wildman–Crippen LogP) is 4.15. The zero-order chi connectivity index (χ0) is 12.6. The van der Waals surface area contributed by atoms with Gasteiger partial charge in [-0.05, 0) is 46.6 Å². The molecule has 0 aliphatic heterocycles. The van der Waals surface area contributed by atoms with Crippen molar-refractivity contribution in [2.24, 2.45) is 5.73 Å². The number of thiophene rings is 1. The molecule has 0 radical (unpaired) electrons. The maximum atomic E-state index is 13.1. The summed E-state index contributed by atoms with van der Waals surface area (Å²) >= 11 is 4.90. The van der Waals surface area contributed by atoms with Crippen LogP contribution in [0, 0.1) is 18.6 Å². The van der Waals surface area contributed by atoms with Gasteiger partial charge in [0, 0.05) is 20.3 Å². The molecule has 90 valence electrons. The van der Waals surface area contributed by atoms with Gasteiger partial charge in [-0.1, -0.05) is 0 Å². The van der Waals surface area contributed by atoms with Crippen molar-refractivity contribution >= 4 is 27.3 Å². The van der Waals surface area contributed by atoms with Gasteiger partial charge >= 0.3 is 0 Å². The number of hydrogen-bond donors (Lipinski definition) is 1. The molecule has 2 N–H and O–H groups in total. The van der Waals surface area contributed by atoms with Gasteiger partial charge in [-0.2, -0.15) is 0 Å². The van der Waals surface area contributed by atoms with Crippen molar-refractivity contribution in [3.05, 3.63) is 55.7 Å². The van der Waals surface area contributed by atoms with E-state index in [1.807, 2.05) is 13.0 Å². The van der Waals surface area contributed by atoms with Crippen LogP contribution in [-0.2, 0) is 0 Å². The molecule has 1 heterocycles. The second kappa shape index (κ2) is 4.84. The van der Waals surface area contributed by atoms with Gasteiger partial charge < -0.3 is 5.73 Å². The molecule has 0 saturated heterocycles. The van der Waals surface area contributed by atoms with E-state index in [0.29, 0.717) is 5.56 Å². The van der Waals surface area contributed by atoms with Gasteiger partial charge in [-0.3, -0.25) is 0 Å². The molecule has 0 saturated carbocycles. The lowest BCUT2D eigenvalue weighted by Gasteiger charge is -2.10. The first-order valence-corrected chi connectivity index (χ1v) is 6.55. The van der Waals surface area contributed by atoms with Crippen molar-refractivity contribution in [3.63, 3.8) is 0 Å². The third-order valence-electron chi connectivity index (χ3n) is 2.43. The summed E-state index contributed by atoms with van der Waals surface area (Å²) in [5.41, 5.74) is 6.43. The molecule has 1 aromatic heterocycles. The average molecular weight is 318 g/mol. The molecule has 1 aromatic carbocycles. The standard InChI is InChI=1S/C12H10BrF2NS/c1-6-10(13)5-11(17-6)12(16)7-2-8(14)4-9(15)3-7/h2-5,12H,16H2,1H3. The Labute approximate surface area is 110 Å². The second-order valence-corrected chi connectivity index (χ2v) is 5.88. The summed E-state index contributed by atoms with van der Waals surface area (Å²) in [6.07, 6.45) is 0. The van der Waals surface area contributed by atoms with E-state index in [0.717, 1.165) is 20.3 Å². The Balaban J connectivity index is 2.39. The molecule has 1 nitrogen and oxygen atoms in total. The topological polar surface area (TPSA) is 26.0 Å². The van der Waals surface area contributed by atoms with Crippen molar-refractivity contribution in [3.8, 4) is 0 Å². The minimum Gasteiger partial charge on any atom is -0.320 e. The summed E-state index contributed by atoms with van der Waals surface area (Å²) in [6.45, 7) is 1.96. The van der Waals surface area contributed by atoms with Crippen molar-refractivity contribution in [1.29, 1.82) is 0 Å². The second-order valence-electron chi connectivity index (χ2n) is 3.73. The molecule has 0 spiro atoms. The number of halogens is 3. The minimum absolute atomic E-state index is 0.441. The number of nitrogens with two attached hydrogens (primary N) is 1. The van der Waals surface area contributed by atoms with Gasteiger partial charge in [0.15, 0.2) is 0 Å². The van der Waals surface area contributed by atoms with Crippen LogP contribution in [0.5, 0.6) is 0 Å². The number of hydrogen-bond acceptors (Lipinski definition) is 2. The fourth-order valence-electron chi connectivity index (χ4n) is 1.55. The van der Waals surface area contributed by atoms with Crippen molar-refractivity contribution < 1.29 is 8.78 Å². The molecule has 1 atom stereocenters. The van der Waals surface area contributed by atoms with Crippen molar-refractivity contribution in [1.82, 2.24) is 0 Å². The lowest BCUT2D eigenvalue weighted by molar-refractivity contribution is 0.577. The molecular formula is C12H10BrF2NS. The molecule has 5 heteroatoms. The van der Waals surface area contributed by atoms with Crippen LogP contribution in [0.25, 0.3) is 0 Å². The molecule has 2 rings (SSSR count). The van der Waals surface area contributed by atoms with Gasteiger partial charge in [-0.25, -0.2) is 8.78 Å². The fraction of sp³-hybridized carbons (Fsp3) is 0.167. The van der Waals surface area contributed by atoms with Crippen molar-refractivity contribution in [2.75, 3.05) is 0 Å². The first kappa shape index (κ1) is 12.7. The smallest absolute Gasteiger partial charge is 0.126 e. The summed E-state index contributed by atoms with van der Waals surface area (Å²) in [7, 11) is 0. The lowest BCUT2D eigenvalue weighted by atomic mass is 10.1. The molecule has 0 amide bonds. The van der Waals surface area contributed by atoms with E-state index < -0.39 is 17.7 Å². The zero-order valence-electron chi connectivity index (χ0n) is 9.01. The Morgan fingerprint density at radius 3 is 2.24 bits per heavy atom. The number of benzene rings is 1. The molecule has 0 aliphatic carbocycles. The summed E-state index contributed by atoms with van der Waals surface area (Å²) in [6, 6.07) is 4.74. The quantitative estimate of drug-likeness (QED) is 0.884. The highest BCUT2D eigenvalue weighted by atomic mass is 79.9. The minimum atomic E-state index is -0.609. The maximum Gasteiger partial charge on any atom is 0.126 e. The Hall–Kier alpha value is -0.780. The third-order valence-corrected chi connectivity index (χ3v) is 4.65. The van der Waals surface area contributed by atoms with Gasteiger partial charge in [0.2, 0.25) is 0 Å². The number of aryl methyl sites for hydroxylation is 1. The zero-order valence-corrected chi connectivity index (χ0v) is 11.4. The maximum absolute atomic E-state index is 13.1. The van der Waals surface area contributed by atoms with Gasteiger partial charge in [0.25, 0.3) is 0 Å². The summed E-state index contributed by atoms with van der Waals surface area (Å²) < 4.78 is 27.1. The Morgan fingerprint density at radius 1 is 1.18 bits per heavy atom. The Morgan fingerprint density at radius 2 is 1.76 bits per heavy atom. The highest BCUT2D eigenvalue weighted by Gasteiger charge is 2.14. The molecule has 17 heavy (non-hydrogen) atoms. The normalized spacial score (nSPS) is 12.8. The molecule has 1 unspecified atom stereocenters. The Bertz CT molecular complexity index is 514. The highest BCUT2D eigenvalue weighted by molar-refractivity contribution is 9.10. The molecule has 0 aliphatic rings. The summed E-state index contributed by atoms with van der Waals surface area (Å²) in [4.78, 5) is 1.96. The van der Waals surface area contributed by atoms with Crippen LogP contribution in [0.1, 0.15) is 21.4 Å². The largest absolute Gasteiger partial charge is 0.320 e. The predicted molar refractivity (Wildman–Crippen MR) is 69.1 cm³/mol. The average Bonchev–Trinajstić information content (AvgIpc) is 2.57. The fourth-order valence-corrected chi connectivity index (χ4v) is 3.14. The van der Waals surface area contributed by atoms with E-state index in [4.69, 9.17) is 5.73 Å². The molecule has 0 bridgehead atoms. The third kappa shape index (κ3) is 2.73. The Kier molecular flexibility index (Phi) is 3.61.